The van der Waals surface area contributed by atoms with Gasteiger partial charge >= 0.3 is 12.4 Å². The maximum Gasteiger partial charge on any atom is 0.427 e. The highest BCUT2D eigenvalue weighted by atomic mass is 19.4. The number of halogens is 8. The largest absolute Gasteiger partial charge is 0.468 e. The SMILES string of the molecule is FCCOC(F)=C(C(F)(F)F)C(F)(F)F. The number of ether oxygens (including phenoxy) is 1. The molecule has 0 saturated heterocycles. The van der Waals surface area contributed by atoms with E-state index < -0.39 is 37.2 Å². The van der Waals surface area contributed by atoms with Crippen molar-refractivity contribution in [1.29, 1.82) is 0 Å². The third-order valence-corrected chi connectivity index (χ3v) is 1.07. The average Bonchev–Trinajstić information content (AvgIpc) is 1.94. The number of hydrogen-bond acceptors (Lipinski definition) is 1. The average molecular weight is 244 g/mol. The number of hydrogen-bond donors (Lipinski definition) is 0. The lowest BCUT2D eigenvalue weighted by Gasteiger charge is -2.15. The van der Waals surface area contributed by atoms with Crippen LogP contribution in [0.4, 0.5) is 35.1 Å². The van der Waals surface area contributed by atoms with E-state index in [1.54, 1.807) is 0 Å². The summed E-state index contributed by atoms with van der Waals surface area (Å²) in [5.41, 5.74) is -3.41. The maximum absolute atomic E-state index is 12.3. The Kier molecular flexibility index (Phi) is 4.35. The predicted molar refractivity (Wildman–Crippen MR) is 32.2 cm³/mol. The van der Waals surface area contributed by atoms with Gasteiger partial charge in [0.2, 0.25) is 5.57 Å². The standard InChI is InChI=1S/C6H4F8O/c7-1-2-15-4(8)3(5(9,10)11)6(12,13)14/h1-2H2. The molecular formula is C6H4F8O. The first-order valence-electron chi connectivity index (χ1n) is 3.33. The number of allylic oxidation sites excluding steroid dienone is 1. The molecule has 0 unspecified atom stereocenters. The molecule has 1 nitrogen and oxygen atoms in total. The Hall–Kier alpha value is -1.02. The van der Waals surface area contributed by atoms with Crippen LogP contribution in [0.2, 0.25) is 0 Å². The lowest BCUT2D eigenvalue weighted by Crippen LogP contribution is -2.28. The Labute approximate surface area is 78.3 Å². The normalized spacial score (nSPS) is 12.5. The van der Waals surface area contributed by atoms with Crippen LogP contribution in [0, 0.1) is 0 Å². The first kappa shape index (κ1) is 14.0. The summed E-state index contributed by atoms with van der Waals surface area (Å²) in [7, 11) is 0. The monoisotopic (exact) mass is 244 g/mol. The Morgan fingerprint density at radius 1 is 0.933 bits per heavy atom. The minimum absolute atomic E-state index is 1.22. The topological polar surface area (TPSA) is 9.23 Å². The van der Waals surface area contributed by atoms with Crippen LogP contribution < -0.4 is 0 Å². The van der Waals surface area contributed by atoms with E-state index in [1.165, 1.54) is 0 Å². The van der Waals surface area contributed by atoms with Gasteiger partial charge < -0.3 is 4.74 Å². The summed E-state index contributed by atoms with van der Waals surface area (Å²) in [5.74, 6) is 0. The van der Waals surface area contributed by atoms with Gasteiger partial charge in [-0.3, -0.25) is 0 Å². The van der Waals surface area contributed by atoms with Crippen LogP contribution in [0.15, 0.2) is 11.6 Å². The molecule has 0 radical (unpaired) electrons. The van der Waals surface area contributed by atoms with Crippen LogP contribution in [0.25, 0.3) is 0 Å². The van der Waals surface area contributed by atoms with Gasteiger partial charge in [0.1, 0.15) is 13.3 Å². The van der Waals surface area contributed by atoms with Crippen molar-refractivity contribution in [1.82, 2.24) is 0 Å². The van der Waals surface area contributed by atoms with Gasteiger partial charge in [-0.25, -0.2) is 4.39 Å². The van der Waals surface area contributed by atoms with Crippen molar-refractivity contribution in [2.75, 3.05) is 13.3 Å². The summed E-state index contributed by atoms with van der Waals surface area (Å²) in [6, 6.07) is -2.88. The fraction of sp³-hybridized carbons (Fsp3) is 0.667. The van der Waals surface area contributed by atoms with Crippen molar-refractivity contribution in [2.24, 2.45) is 0 Å². The molecule has 90 valence electrons. The highest BCUT2D eigenvalue weighted by molar-refractivity contribution is 5.16. The zero-order valence-electron chi connectivity index (χ0n) is 6.85. The molecule has 0 aromatic heterocycles. The molecule has 0 spiro atoms. The number of rotatable bonds is 3. The van der Waals surface area contributed by atoms with Crippen molar-refractivity contribution >= 4 is 0 Å². The molecule has 0 N–H and O–H groups in total. The molecule has 0 amide bonds. The van der Waals surface area contributed by atoms with Gasteiger partial charge in [-0.2, -0.15) is 30.7 Å². The molecule has 0 aromatic rings. The van der Waals surface area contributed by atoms with Gasteiger partial charge in [0, 0.05) is 0 Å². The molecule has 0 saturated carbocycles. The van der Waals surface area contributed by atoms with Gasteiger partial charge in [0.05, 0.1) is 0 Å². The van der Waals surface area contributed by atoms with E-state index in [1.807, 2.05) is 0 Å². The third kappa shape index (κ3) is 4.34. The summed E-state index contributed by atoms with van der Waals surface area (Å²) < 4.78 is 97.1. The zero-order valence-corrected chi connectivity index (χ0v) is 6.85. The van der Waals surface area contributed by atoms with Crippen molar-refractivity contribution in [2.45, 2.75) is 12.4 Å². The quantitative estimate of drug-likeness (QED) is 0.546. The Morgan fingerprint density at radius 2 is 1.33 bits per heavy atom. The fourth-order valence-corrected chi connectivity index (χ4v) is 0.584. The Bertz CT molecular complexity index is 220. The summed E-state index contributed by atoms with van der Waals surface area (Å²) in [5, 5.41) is 0. The van der Waals surface area contributed by atoms with E-state index in [9.17, 15) is 35.1 Å². The molecule has 0 fully saturated rings. The molecule has 0 bridgehead atoms. The minimum Gasteiger partial charge on any atom is -0.468 e. The van der Waals surface area contributed by atoms with Crippen molar-refractivity contribution in [3.63, 3.8) is 0 Å². The second-order valence-electron chi connectivity index (χ2n) is 2.18. The summed E-state index contributed by atoms with van der Waals surface area (Å²) >= 11 is 0. The lowest BCUT2D eigenvalue weighted by atomic mass is 10.3. The molecule has 15 heavy (non-hydrogen) atoms. The van der Waals surface area contributed by atoms with Gasteiger partial charge in [-0.1, -0.05) is 0 Å². The second-order valence-corrected chi connectivity index (χ2v) is 2.18. The van der Waals surface area contributed by atoms with Crippen LogP contribution in [0.1, 0.15) is 0 Å². The molecule has 0 aliphatic heterocycles. The van der Waals surface area contributed by atoms with Crippen molar-refractivity contribution in [3.8, 4) is 0 Å². The molecule has 0 rings (SSSR count). The molecule has 0 atom stereocenters. The van der Waals surface area contributed by atoms with E-state index >= 15 is 0 Å². The van der Waals surface area contributed by atoms with Crippen molar-refractivity contribution < 1.29 is 39.9 Å². The van der Waals surface area contributed by atoms with Crippen LogP contribution >= 0.6 is 0 Å². The second kappa shape index (κ2) is 4.67. The van der Waals surface area contributed by atoms with Gasteiger partial charge in [-0.15, -0.1) is 0 Å². The maximum atomic E-state index is 12.3. The zero-order chi connectivity index (χ0) is 12.3. The van der Waals surface area contributed by atoms with Crippen molar-refractivity contribution in [3.05, 3.63) is 11.6 Å². The van der Waals surface area contributed by atoms with Crippen LogP contribution in [0.5, 0.6) is 0 Å². The number of alkyl halides is 7. The highest BCUT2D eigenvalue weighted by Gasteiger charge is 2.55. The molecule has 0 aliphatic rings. The molecule has 9 heteroatoms. The van der Waals surface area contributed by atoms with E-state index in [-0.39, 0.29) is 0 Å². The van der Waals surface area contributed by atoms with E-state index in [0.29, 0.717) is 0 Å². The third-order valence-electron chi connectivity index (χ3n) is 1.07. The van der Waals surface area contributed by atoms with Crippen LogP contribution in [0.3, 0.4) is 0 Å². The lowest BCUT2D eigenvalue weighted by molar-refractivity contribution is -0.179. The molecule has 0 heterocycles. The summed E-state index contributed by atoms with van der Waals surface area (Å²) in [4.78, 5) is 0. The van der Waals surface area contributed by atoms with E-state index in [2.05, 4.69) is 4.74 Å². The summed E-state index contributed by atoms with van der Waals surface area (Å²) in [6.07, 6.45) is -11.9. The Morgan fingerprint density at radius 3 is 1.60 bits per heavy atom. The first-order chi connectivity index (χ1) is 6.60. The van der Waals surface area contributed by atoms with E-state index in [4.69, 9.17) is 0 Å². The smallest absolute Gasteiger partial charge is 0.427 e. The minimum atomic E-state index is -5.95. The fourth-order valence-electron chi connectivity index (χ4n) is 0.584. The van der Waals surface area contributed by atoms with Gasteiger partial charge in [-0.05, 0) is 0 Å². The van der Waals surface area contributed by atoms with Crippen LogP contribution in [-0.4, -0.2) is 25.6 Å². The molecular weight excluding hydrogens is 240 g/mol. The van der Waals surface area contributed by atoms with E-state index in [0.717, 1.165) is 0 Å². The Balaban J connectivity index is 5.10. The first-order valence-corrected chi connectivity index (χ1v) is 3.33. The summed E-state index contributed by atoms with van der Waals surface area (Å²) in [6.45, 7) is -2.63. The molecule has 0 aliphatic carbocycles. The van der Waals surface area contributed by atoms with Gasteiger partial charge in [0.15, 0.2) is 0 Å². The predicted octanol–water partition coefficient (Wildman–Crippen LogP) is 3.28. The molecule has 0 aromatic carbocycles. The van der Waals surface area contributed by atoms with Gasteiger partial charge in [0.25, 0.3) is 6.01 Å². The highest BCUT2D eigenvalue weighted by Crippen LogP contribution is 2.41. The van der Waals surface area contributed by atoms with Crippen LogP contribution in [-0.2, 0) is 4.74 Å².